The van der Waals surface area contributed by atoms with Crippen LogP contribution in [-0.2, 0) is 0 Å². The Hall–Kier alpha value is -1.29. The molecule has 0 amide bonds. The number of thiocarbonyl (C=S) groups is 1. The van der Waals surface area contributed by atoms with E-state index in [0.29, 0.717) is 10.9 Å². The van der Waals surface area contributed by atoms with Gasteiger partial charge in [0.15, 0.2) is 0 Å². The normalized spacial score (nSPS) is 11.9. The number of benzene rings is 1. The van der Waals surface area contributed by atoms with Crippen LogP contribution < -0.4 is 15.8 Å². The van der Waals surface area contributed by atoms with Crippen LogP contribution in [0.3, 0.4) is 0 Å². The molecule has 0 saturated heterocycles. The minimum atomic E-state index is 0.414. The van der Waals surface area contributed by atoms with Crippen molar-refractivity contribution in [3.05, 3.63) is 23.8 Å². The summed E-state index contributed by atoms with van der Waals surface area (Å²) in [5, 5.41) is 3.48. The summed E-state index contributed by atoms with van der Waals surface area (Å²) in [6.07, 6.45) is 4.96. The average Bonchev–Trinajstić information content (AvgIpc) is 2.47. The van der Waals surface area contributed by atoms with E-state index >= 15 is 0 Å². The number of nitrogens with two attached hydrogens (primary N) is 1. The molecule has 1 atom stereocenters. The number of hydrogen-bond donors (Lipinski definition) is 2. The molecule has 0 radical (unpaired) electrons. The average molecular weight is 294 g/mol. The second-order valence-electron chi connectivity index (χ2n) is 5.07. The molecule has 0 aliphatic heterocycles. The van der Waals surface area contributed by atoms with E-state index in [-0.39, 0.29) is 0 Å². The summed E-state index contributed by atoms with van der Waals surface area (Å²) < 4.78 is 5.26. The van der Waals surface area contributed by atoms with Crippen LogP contribution in [0.5, 0.6) is 5.75 Å². The second kappa shape index (κ2) is 8.80. The van der Waals surface area contributed by atoms with Crippen molar-refractivity contribution >= 4 is 22.9 Å². The first-order valence-corrected chi connectivity index (χ1v) is 7.74. The summed E-state index contributed by atoms with van der Waals surface area (Å²) in [7, 11) is 1.66. The first-order valence-electron chi connectivity index (χ1n) is 7.34. The topological polar surface area (TPSA) is 47.3 Å². The van der Waals surface area contributed by atoms with Crippen LogP contribution in [0.4, 0.5) is 5.69 Å². The summed E-state index contributed by atoms with van der Waals surface area (Å²) in [5.41, 5.74) is 7.62. The number of nitrogens with one attached hydrogen (secondary N) is 1. The Bertz CT molecular complexity index is 434. The van der Waals surface area contributed by atoms with Gasteiger partial charge in [-0.05, 0) is 24.5 Å². The molecule has 0 aromatic heterocycles. The molecule has 1 aromatic rings. The fourth-order valence-corrected chi connectivity index (χ4v) is 2.39. The molecule has 4 heteroatoms. The molecular formula is C16H26N2OS. The van der Waals surface area contributed by atoms with Gasteiger partial charge in [-0.3, -0.25) is 0 Å². The van der Waals surface area contributed by atoms with Gasteiger partial charge in [0.1, 0.15) is 10.7 Å². The van der Waals surface area contributed by atoms with Crippen LogP contribution in [0.1, 0.15) is 45.1 Å². The molecule has 1 rings (SSSR count). The zero-order valence-corrected chi connectivity index (χ0v) is 13.6. The number of unbranched alkanes of at least 4 members (excludes halogenated alkanes) is 1. The highest BCUT2D eigenvalue weighted by Crippen LogP contribution is 2.23. The largest absolute Gasteiger partial charge is 0.497 e. The summed E-state index contributed by atoms with van der Waals surface area (Å²) in [6.45, 7) is 5.41. The maximum atomic E-state index is 5.78. The van der Waals surface area contributed by atoms with E-state index in [4.69, 9.17) is 22.7 Å². The monoisotopic (exact) mass is 294 g/mol. The number of rotatable bonds is 9. The number of methoxy groups -OCH3 is 1. The highest BCUT2D eigenvalue weighted by molar-refractivity contribution is 7.80. The molecule has 1 aromatic carbocycles. The van der Waals surface area contributed by atoms with Crippen LogP contribution >= 0.6 is 12.2 Å². The van der Waals surface area contributed by atoms with Crippen LogP contribution in [0.2, 0.25) is 0 Å². The standard InChI is InChI=1S/C16H26N2OS/c1-4-6-7-12(5-2)11-18-15-10-13(19-3)8-9-14(15)16(17)20/h8-10,12,18H,4-7,11H2,1-3H3,(H2,17,20). The third-order valence-electron chi connectivity index (χ3n) is 3.62. The Balaban J connectivity index is 2.76. The van der Waals surface area contributed by atoms with Crippen molar-refractivity contribution in [2.45, 2.75) is 39.5 Å². The van der Waals surface area contributed by atoms with Gasteiger partial charge in [-0.15, -0.1) is 0 Å². The predicted molar refractivity (Wildman–Crippen MR) is 90.7 cm³/mol. The third kappa shape index (κ3) is 5.00. The Morgan fingerprint density at radius 1 is 1.40 bits per heavy atom. The zero-order chi connectivity index (χ0) is 15.0. The fraction of sp³-hybridized carbons (Fsp3) is 0.562. The molecular weight excluding hydrogens is 268 g/mol. The smallest absolute Gasteiger partial charge is 0.120 e. The summed E-state index contributed by atoms with van der Waals surface area (Å²) in [5.74, 6) is 1.49. The van der Waals surface area contributed by atoms with E-state index in [9.17, 15) is 0 Å². The minimum Gasteiger partial charge on any atom is -0.497 e. The lowest BCUT2D eigenvalue weighted by atomic mass is 9.99. The maximum Gasteiger partial charge on any atom is 0.120 e. The molecule has 3 nitrogen and oxygen atoms in total. The van der Waals surface area contributed by atoms with Crippen molar-refractivity contribution in [1.82, 2.24) is 0 Å². The lowest BCUT2D eigenvalue weighted by Crippen LogP contribution is -2.18. The SMILES string of the molecule is CCCCC(CC)CNc1cc(OC)ccc1C(N)=S. The number of anilines is 1. The van der Waals surface area contributed by atoms with Gasteiger partial charge in [0.05, 0.1) is 7.11 Å². The van der Waals surface area contributed by atoms with Gasteiger partial charge >= 0.3 is 0 Å². The van der Waals surface area contributed by atoms with Gasteiger partial charge in [-0.25, -0.2) is 0 Å². The molecule has 0 heterocycles. The van der Waals surface area contributed by atoms with Crippen molar-refractivity contribution in [3.8, 4) is 5.75 Å². The van der Waals surface area contributed by atoms with E-state index in [1.807, 2.05) is 18.2 Å². The Morgan fingerprint density at radius 3 is 2.70 bits per heavy atom. The molecule has 3 N–H and O–H groups in total. The third-order valence-corrected chi connectivity index (χ3v) is 3.84. The molecule has 0 spiro atoms. The number of hydrogen-bond acceptors (Lipinski definition) is 3. The van der Waals surface area contributed by atoms with Crippen LogP contribution in [-0.4, -0.2) is 18.6 Å². The highest BCUT2D eigenvalue weighted by atomic mass is 32.1. The molecule has 112 valence electrons. The zero-order valence-electron chi connectivity index (χ0n) is 12.7. The summed E-state index contributed by atoms with van der Waals surface area (Å²) >= 11 is 5.10. The molecule has 0 saturated carbocycles. The fourth-order valence-electron chi connectivity index (χ4n) is 2.21. The van der Waals surface area contributed by atoms with Crippen molar-refractivity contribution in [1.29, 1.82) is 0 Å². The minimum absolute atomic E-state index is 0.414. The quantitative estimate of drug-likeness (QED) is 0.677. The molecule has 0 aliphatic rings. The van der Waals surface area contributed by atoms with Gasteiger partial charge in [0, 0.05) is 23.9 Å². The lowest BCUT2D eigenvalue weighted by Gasteiger charge is -2.18. The van der Waals surface area contributed by atoms with Crippen LogP contribution in [0.25, 0.3) is 0 Å². The van der Waals surface area contributed by atoms with Crippen LogP contribution in [0, 0.1) is 5.92 Å². The van der Waals surface area contributed by atoms with E-state index in [1.54, 1.807) is 7.11 Å². The molecule has 0 bridgehead atoms. The van der Waals surface area contributed by atoms with Crippen molar-refractivity contribution < 1.29 is 4.74 Å². The van der Waals surface area contributed by atoms with Crippen molar-refractivity contribution in [3.63, 3.8) is 0 Å². The molecule has 0 fully saturated rings. The summed E-state index contributed by atoms with van der Waals surface area (Å²) in [6, 6.07) is 5.76. The van der Waals surface area contributed by atoms with E-state index in [0.717, 1.165) is 23.5 Å². The van der Waals surface area contributed by atoms with Gasteiger partial charge in [0.25, 0.3) is 0 Å². The van der Waals surface area contributed by atoms with Gasteiger partial charge < -0.3 is 15.8 Å². The summed E-state index contributed by atoms with van der Waals surface area (Å²) in [4.78, 5) is 0.414. The molecule has 1 unspecified atom stereocenters. The van der Waals surface area contributed by atoms with Crippen molar-refractivity contribution in [2.24, 2.45) is 11.7 Å². The lowest BCUT2D eigenvalue weighted by molar-refractivity contribution is 0.415. The predicted octanol–water partition coefficient (Wildman–Crippen LogP) is 3.96. The van der Waals surface area contributed by atoms with Gasteiger partial charge in [0.2, 0.25) is 0 Å². The van der Waals surface area contributed by atoms with Gasteiger partial charge in [-0.1, -0.05) is 45.3 Å². The first kappa shape index (κ1) is 16.8. The van der Waals surface area contributed by atoms with E-state index in [2.05, 4.69) is 19.2 Å². The van der Waals surface area contributed by atoms with E-state index < -0.39 is 0 Å². The van der Waals surface area contributed by atoms with Crippen molar-refractivity contribution in [2.75, 3.05) is 19.0 Å². The first-order chi connectivity index (χ1) is 9.62. The van der Waals surface area contributed by atoms with E-state index in [1.165, 1.54) is 25.7 Å². The maximum absolute atomic E-state index is 5.78. The second-order valence-corrected chi connectivity index (χ2v) is 5.51. The molecule has 0 aliphatic carbocycles. The number of ether oxygens (including phenoxy) is 1. The Kier molecular flexibility index (Phi) is 7.37. The Labute approximate surface area is 127 Å². The molecule has 20 heavy (non-hydrogen) atoms. The highest BCUT2D eigenvalue weighted by Gasteiger charge is 2.10. The van der Waals surface area contributed by atoms with Gasteiger partial charge in [-0.2, -0.15) is 0 Å². The van der Waals surface area contributed by atoms with Crippen LogP contribution in [0.15, 0.2) is 18.2 Å². The Morgan fingerprint density at radius 2 is 2.15 bits per heavy atom.